The summed E-state index contributed by atoms with van der Waals surface area (Å²) < 4.78 is 39.4. The predicted molar refractivity (Wildman–Crippen MR) is 69.6 cm³/mol. The minimum Gasteiger partial charge on any atom is -0.329 e. The fourth-order valence-corrected chi connectivity index (χ4v) is 3.91. The summed E-state index contributed by atoms with van der Waals surface area (Å²) in [5, 5.41) is 0. The van der Waals surface area contributed by atoms with E-state index in [1.165, 1.54) is 22.5 Å². The molecule has 1 heterocycles. The van der Waals surface area contributed by atoms with Gasteiger partial charge in [-0.3, -0.25) is 0 Å². The van der Waals surface area contributed by atoms with E-state index in [9.17, 15) is 12.8 Å². The molecule has 1 aliphatic rings. The highest BCUT2D eigenvalue weighted by Gasteiger charge is 2.35. The van der Waals surface area contributed by atoms with Crippen LogP contribution in [0.4, 0.5) is 4.39 Å². The fraction of sp³-hybridized carbons (Fsp3) is 0.455. The lowest BCUT2D eigenvalue weighted by Crippen LogP contribution is -2.40. The molecule has 1 aromatic carbocycles. The fourth-order valence-electron chi connectivity index (χ4n) is 2.14. The summed E-state index contributed by atoms with van der Waals surface area (Å²) in [7, 11) is -3.75. The molecule has 7 heteroatoms. The van der Waals surface area contributed by atoms with Gasteiger partial charge in [-0.1, -0.05) is 12.1 Å². The Balaban J connectivity index is 0.00000162. The maximum absolute atomic E-state index is 13.5. The van der Waals surface area contributed by atoms with Gasteiger partial charge in [0.1, 0.15) is 10.7 Å². The van der Waals surface area contributed by atoms with Gasteiger partial charge in [-0.2, -0.15) is 4.31 Å². The molecule has 0 aliphatic carbocycles. The molecule has 1 fully saturated rings. The van der Waals surface area contributed by atoms with E-state index in [2.05, 4.69) is 0 Å². The van der Waals surface area contributed by atoms with E-state index >= 15 is 0 Å². The van der Waals surface area contributed by atoms with Crippen molar-refractivity contribution in [1.82, 2.24) is 4.31 Å². The first kappa shape index (κ1) is 15.4. The molecule has 0 amide bonds. The number of sulfonamides is 1. The number of benzene rings is 1. The second kappa shape index (κ2) is 5.97. The Morgan fingerprint density at radius 1 is 1.39 bits per heavy atom. The van der Waals surface area contributed by atoms with E-state index in [1.54, 1.807) is 0 Å². The van der Waals surface area contributed by atoms with Crippen LogP contribution in [0.3, 0.4) is 0 Å². The highest BCUT2D eigenvalue weighted by Crippen LogP contribution is 2.26. The summed E-state index contributed by atoms with van der Waals surface area (Å²) in [6, 6.07) is 5.22. The molecule has 4 nitrogen and oxygen atoms in total. The number of nitrogens with two attached hydrogens (primary N) is 1. The predicted octanol–water partition coefficient (Wildman–Crippen LogP) is 1.36. The molecule has 2 N–H and O–H groups in total. The quantitative estimate of drug-likeness (QED) is 0.915. The van der Waals surface area contributed by atoms with Gasteiger partial charge in [0.15, 0.2) is 0 Å². The molecule has 2 rings (SSSR count). The highest BCUT2D eigenvalue weighted by molar-refractivity contribution is 7.89. The average Bonchev–Trinajstić information content (AvgIpc) is 2.78. The topological polar surface area (TPSA) is 63.4 Å². The van der Waals surface area contributed by atoms with Gasteiger partial charge in [-0.15, -0.1) is 12.4 Å². The van der Waals surface area contributed by atoms with Crippen molar-refractivity contribution in [3.05, 3.63) is 30.1 Å². The number of halogens is 2. The van der Waals surface area contributed by atoms with Crippen LogP contribution in [0.1, 0.15) is 12.8 Å². The Bertz CT molecular complexity index is 510. The number of rotatable bonds is 3. The van der Waals surface area contributed by atoms with Gasteiger partial charge in [0.05, 0.1) is 0 Å². The first-order chi connectivity index (χ1) is 8.07. The molecule has 1 saturated heterocycles. The Morgan fingerprint density at radius 2 is 2.06 bits per heavy atom. The SMILES string of the molecule is Cl.NCC1CCCN1S(=O)(=O)c1ccccc1F. The maximum atomic E-state index is 13.5. The summed E-state index contributed by atoms with van der Waals surface area (Å²) in [5.41, 5.74) is 5.54. The van der Waals surface area contributed by atoms with Crippen LogP contribution in [-0.2, 0) is 10.0 Å². The van der Waals surface area contributed by atoms with Gasteiger partial charge in [0.25, 0.3) is 0 Å². The molecule has 0 spiro atoms. The molecular formula is C11H16ClFN2O2S. The van der Waals surface area contributed by atoms with E-state index in [0.717, 1.165) is 18.9 Å². The van der Waals surface area contributed by atoms with Crippen molar-refractivity contribution < 1.29 is 12.8 Å². The van der Waals surface area contributed by atoms with E-state index in [1.807, 2.05) is 0 Å². The van der Waals surface area contributed by atoms with Crippen molar-refractivity contribution in [2.75, 3.05) is 13.1 Å². The van der Waals surface area contributed by atoms with Crippen LogP contribution in [0.5, 0.6) is 0 Å². The smallest absolute Gasteiger partial charge is 0.246 e. The summed E-state index contributed by atoms with van der Waals surface area (Å²) >= 11 is 0. The lowest BCUT2D eigenvalue weighted by molar-refractivity contribution is 0.390. The van der Waals surface area contributed by atoms with Gasteiger partial charge in [0, 0.05) is 19.1 Å². The van der Waals surface area contributed by atoms with E-state index in [-0.39, 0.29) is 29.9 Å². The van der Waals surface area contributed by atoms with Crippen LogP contribution >= 0.6 is 12.4 Å². The number of nitrogens with zero attached hydrogens (tertiary/aromatic N) is 1. The molecule has 18 heavy (non-hydrogen) atoms. The highest BCUT2D eigenvalue weighted by atomic mass is 35.5. The van der Waals surface area contributed by atoms with Crippen molar-refractivity contribution in [3.63, 3.8) is 0 Å². The normalized spacial score (nSPS) is 20.7. The molecular weight excluding hydrogens is 279 g/mol. The lowest BCUT2D eigenvalue weighted by Gasteiger charge is -2.22. The van der Waals surface area contributed by atoms with Crippen molar-refractivity contribution in [2.24, 2.45) is 5.73 Å². The second-order valence-electron chi connectivity index (χ2n) is 4.08. The standard InChI is InChI=1S/C11H15FN2O2S.ClH/c12-10-5-1-2-6-11(10)17(15,16)14-7-3-4-9(14)8-13;/h1-2,5-6,9H,3-4,7-8,13H2;1H. The summed E-state index contributed by atoms with van der Waals surface area (Å²) in [6.45, 7) is 0.687. The molecule has 1 atom stereocenters. The zero-order valence-corrected chi connectivity index (χ0v) is 11.4. The van der Waals surface area contributed by atoms with Gasteiger partial charge in [-0.05, 0) is 25.0 Å². The zero-order chi connectivity index (χ0) is 12.5. The minimum absolute atomic E-state index is 0. The monoisotopic (exact) mass is 294 g/mol. The van der Waals surface area contributed by atoms with Crippen LogP contribution in [0.25, 0.3) is 0 Å². The third-order valence-corrected chi connectivity index (χ3v) is 5.00. The molecule has 0 bridgehead atoms. The molecule has 0 saturated carbocycles. The molecule has 1 aliphatic heterocycles. The molecule has 1 unspecified atom stereocenters. The van der Waals surface area contributed by atoms with Gasteiger partial charge < -0.3 is 5.73 Å². The Kier molecular flexibility index (Phi) is 5.10. The molecule has 0 radical (unpaired) electrons. The van der Waals surface area contributed by atoms with Crippen LogP contribution < -0.4 is 5.73 Å². The van der Waals surface area contributed by atoms with Crippen LogP contribution in [0.2, 0.25) is 0 Å². The first-order valence-electron chi connectivity index (χ1n) is 5.54. The molecule has 1 aromatic rings. The Morgan fingerprint density at radius 3 is 2.67 bits per heavy atom. The maximum Gasteiger partial charge on any atom is 0.246 e. The van der Waals surface area contributed by atoms with Crippen molar-refractivity contribution in [2.45, 2.75) is 23.8 Å². The van der Waals surface area contributed by atoms with Crippen molar-refractivity contribution in [1.29, 1.82) is 0 Å². The summed E-state index contributed by atoms with van der Waals surface area (Å²) in [6.07, 6.45) is 1.51. The minimum atomic E-state index is -3.75. The van der Waals surface area contributed by atoms with Gasteiger partial charge in [0.2, 0.25) is 10.0 Å². The molecule has 0 aromatic heterocycles. The third kappa shape index (κ3) is 2.66. The summed E-state index contributed by atoms with van der Waals surface area (Å²) in [5.74, 6) is -0.713. The first-order valence-corrected chi connectivity index (χ1v) is 6.98. The largest absolute Gasteiger partial charge is 0.329 e. The van der Waals surface area contributed by atoms with Gasteiger partial charge >= 0.3 is 0 Å². The van der Waals surface area contributed by atoms with Crippen LogP contribution in [-0.4, -0.2) is 31.9 Å². The van der Waals surface area contributed by atoms with E-state index in [0.29, 0.717) is 6.54 Å². The average molecular weight is 295 g/mol. The van der Waals surface area contributed by atoms with Gasteiger partial charge in [-0.25, -0.2) is 12.8 Å². The number of hydrogen-bond donors (Lipinski definition) is 1. The van der Waals surface area contributed by atoms with Crippen LogP contribution in [0, 0.1) is 5.82 Å². The Labute approximate surface area is 112 Å². The second-order valence-corrected chi connectivity index (χ2v) is 5.94. The van der Waals surface area contributed by atoms with E-state index < -0.39 is 15.8 Å². The summed E-state index contributed by atoms with van der Waals surface area (Å²) in [4.78, 5) is -0.264. The van der Waals surface area contributed by atoms with E-state index in [4.69, 9.17) is 5.73 Å². The third-order valence-electron chi connectivity index (χ3n) is 3.02. The molecule has 102 valence electrons. The zero-order valence-electron chi connectivity index (χ0n) is 9.75. The van der Waals surface area contributed by atoms with Crippen molar-refractivity contribution in [3.8, 4) is 0 Å². The van der Waals surface area contributed by atoms with Crippen molar-refractivity contribution >= 4 is 22.4 Å². The van der Waals surface area contributed by atoms with Crippen LogP contribution in [0.15, 0.2) is 29.2 Å². The Hall–Kier alpha value is -0.690. The number of hydrogen-bond acceptors (Lipinski definition) is 3. The lowest BCUT2D eigenvalue weighted by atomic mass is 10.2.